The third kappa shape index (κ3) is 3.87. The van der Waals surface area contributed by atoms with Crippen LogP contribution >= 0.6 is 0 Å². The number of anilines is 2. The molecule has 164 valence electrons. The number of hydrogen-bond donors (Lipinski definition) is 1. The van der Waals surface area contributed by atoms with Crippen molar-refractivity contribution in [3.8, 4) is 0 Å². The van der Waals surface area contributed by atoms with Gasteiger partial charge in [0.15, 0.2) is 5.79 Å². The number of amides is 1. The second-order valence-corrected chi connectivity index (χ2v) is 7.91. The van der Waals surface area contributed by atoms with Gasteiger partial charge >= 0.3 is 0 Å². The normalized spacial score (nSPS) is 18.6. The number of nitrogens with zero attached hydrogens (tertiary/aromatic N) is 2. The van der Waals surface area contributed by atoms with Crippen LogP contribution in [-0.4, -0.2) is 45.8 Å². The maximum absolute atomic E-state index is 13.0. The van der Waals surface area contributed by atoms with Crippen LogP contribution in [0.2, 0.25) is 0 Å². The molecule has 2 heterocycles. The van der Waals surface area contributed by atoms with Crippen molar-refractivity contribution in [2.24, 2.45) is 5.73 Å². The van der Waals surface area contributed by atoms with Gasteiger partial charge in [-0.3, -0.25) is 4.79 Å². The number of carbonyl (C=O) groups excluding carboxylic acids is 1. The summed E-state index contributed by atoms with van der Waals surface area (Å²) in [6.07, 6.45) is 2.54. The zero-order valence-corrected chi connectivity index (χ0v) is 18.6. The third-order valence-electron chi connectivity index (χ3n) is 6.18. The van der Waals surface area contributed by atoms with E-state index in [1.807, 2.05) is 31.3 Å². The molecule has 0 radical (unpaired) electrons. The summed E-state index contributed by atoms with van der Waals surface area (Å²) in [5, 5.41) is 0. The molecule has 0 atom stereocenters. The maximum atomic E-state index is 13.0. The molecule has 6 heteroatoms. The molecule has 0 spiro atoms. The van der Waals surface area contributed by atoms with Crippen molar-refractivity contribution in [3.05, 3.63) is 59.2 Å². The smallest absolute Gasteiger partial charge is 0.258 e. The summed E-state index contributed by atoms with van der Waals surface area (Å²) in [5.41, 5.74) is 11.4. The predicted octanol–water partition coefficient (Wildman–Crippen LogP) is 3.60. The van der Waals surface area contributed by atoms with Crippen LogP contribution in [-0.2, 0) is 20.1 Å². The molecule has 2 aromatic rings. The lowest BCUT2D eigenvalue weighted by Gasteiger charge is -2.28. The van der Waals surface area contributed by atoms with E-state index in [9.17, 15) is 4.79 Å². The van der Waals surface area contributed by atoms with Crippen LogP contribution in [0.25, 0.3) is 11.6 Å². The van der Waals surface area contributed by atoms with Gasteiger partial charge < -0.3 is 25.0 Å². The molecule has 6 nitrogen and oxygen atoms in total. The highest BCUT2D eigenvalue weighted by atomic mass is 16.7. The van der Waals surface area contributed by atoms with Crippen molar-refractivity contribution in [1.82, 2.24) is 0 Å². The standard InChI is InChI=1S/C25H31N3O3/c1-4-28(5-2)20-9-6-18(7-10-20)16-22-21-17-19(8-11-23(21)27(3)24(22)29)25(12-13-26)30-14-15-31-25/h6-11,16-17H,4-5,12-15,26H2,1-3H3/b22-16-. The Bertz CT molecular complexity index is 974. The summed E-state index contributed by atoms with van der Waals surface area (Å²) in [6, 6.07) is 14.3. The van der Waals surface area contributed by atoms with Crippen LogP contribution in [0.1, 0.15) is 37.0 Å². The number of rotatable bonds is 7. The monoisotopic (exact) mass is 421 g/mol. The first-order valence-electron chi connectivity index (χ1n) is 11.0. The van der Waals surface area contributed by atoms with E-state index >= 15 is 0 Å². The summed E-state index contributed by atoms with van der Waals surface area (Å²) >= 11 is 0. The van der Waals surface area contributed by atoms with Crippen LogP contribution in [0.3, 0.4) is 0 Å². The molecule has 0 aliphatic carbocycles. The Morgan fingerprint density at radius 2 is 1.77 bits per heavy atom. The van der Waals surface area contributed by atoms with Crippen LogP contribution in [0.5, 0.6) is 0 Å². The summed E-state index contributed by atoms with van der Waals surface area (Å²) in [7, 11) is 1.81. The lowest BCUT2D eigenvalue weighted by Crippen LogP contribution is -2.30. The molecule has 4 rings (SSSR count). The van der Waals surface area contributed by atoms with Crippen LogP contribution in [0.15, 0.2) is 42.5 Å². The molecule has 1 fully saturated rings. The lowest BCUT2D eigenvalue weighted by atomic mass is 9.96. The van der Waals surface area contributed by atoms with E-state index in [-0.39, 0.29) is 5.91 Å². The summed E-state index contributed by atoms with van der Waals surface area (Å²) in [4.78, 5) is 17.0. The molecule has 1 saturated heterocycles. The molecule has 2 aromatic carbocycles. The fourth-order valence-corrected chi connectivity index (χ4v) is 4.46. The highest BCUT2D eigenvalue weighted by Crippen LogP contribution is 2.42. The number of fused-ring (bicyclic) bond motifs is 1. The molecule has 2 N–H and O–H groups in total. The number of nitrogens with two attached hydrogens (primary N) is 1. The zero-order valence-electron chi connectivity index (χ0n) is 18.6. The summed E-state index contributed by atoms with van der Waals surface area (Å²) < 4.78 is 11.9. The Morgan fingerprint density at radius 3 is 2.39 bits per heavy atom. The quantitative estimate of drug-likeness (QED) is 0.692. The van der Waals surface area contributed by atoms with Gasteiger partial charge in [0, 0.05) is 48.9 Å². The van der Waals surface area contributed by atoms with E-state index in [2.05, 4.69) is 43.0 Å². The van der Waals surface area contributed by atoms with Crippen molar-refractivity contribution in [2.45, 2.75) is 26.1 Å². The number of benzene rings is 2. The van der Waals surface area contributed by atoms with E-state index in [1.54, 1.807) is 4.90 Å². The van der Waals surface area contributed by atoms with E-state index in [1.165, 1.54) is 5.69 Å². The van der Waals surface area contributed by atoms with E-state index < -0.39 is 5.79 Å². The largest absolute Gasteiger partial charge is 0.372 e. The number of carbonyl (C=O) groups is 1. The first-order valence-corrected chi connectivity index (χ1v) is 11.0. The molecule has 31 heavy (non-hydrogen) atoms. The van der Waals surface area contributed by atoms with Crippen molar-refractivity contribution >= 4 is 28.9 Å². The van der Waals surface area contributed by atoms with Gasteiger partial charge in [0.05, 0.1) is 18.9 Å². The minimum atomic E-state index is -0.829. The molecule has 2 aliphatic rings. The van der Waals surface area contributed by atoms with Gasteiger partial charge in [-0.2, -0.15) is 0 Å². The minimum absolute atomic E-state index is 0.0129. The Labute approximate surface area is 184 Å². The second kappa shape index (κ2) is 8.83. The third-order valence-corrected chi connectivity index (χ3v) is 6.18. The molecule has 0 aromatic heterocycles. The molecule has 0 bridgehead atoms. The van der Waals surface area contributed by atoms with Gasteiger partial charge in [0.25, 0.3) is 5.91 Å². The second-order valence-electron chi connectivity index (χ2n) is 7.91. The molecular formula is C25H31N3O3. The SMILES string of the molecule is CCN(CC)c1ccc(/C=C2\C(=O)N(C)c3ccc(C4(CCN)OCCO4)cc32)cc1. The lowest BCUT2D eigenvalue weighted by molar-refractivity contribution is -0.168. The number of ether oxygens (including phenoxy) is 2. The van der Waals surface area contributed by atoms with Gasteiger partial charge in [-0.1, -0.05) is 18.2 Å². The Morgan fingerprint density at radius 1 is 1.10 bits per heavy atom. The fourth-order valence-electron chi connectivity index (χ4n) is 4.46. The first-order chi connectivity index (χ1) is 15.0. The van der Waals surface area contributed by atoms with E-state index in [0.717, 1.165) is 35.5 Å². The fraction of sp³-hybridized carbons (Fsp3) is 0.400. The first kappa shape index (κ1) is 21.6. The van der Waals surface area contributed by atoms with Crippen LogP contribution < -0.4 is 15.5 Å². The van der Waals surface area contributed by atoms with Crippen LogP contribution in [0.4, 0.5) is 11.4 Å². The van der Waals surface area contributed by atoms with Gasteiger partial charge in [-0.15, -0.1) is 0 Å². The van der Waals surface area contributed by atoms with E-state index in [4.69, 9.17) is 15.2 Å². The van der Waals surface area contributed by atoms with E-state index in [0.29, 0.717) is 31.8 Å². The Kier molecular flexibility index (Phi) is 6.14. The van der Waals surface area contributed by atoms with Crippen molar-refractivity contribution in [1.29, 1.82) is 0 Å². The highest BCUT2D eigenvalue weighted by molar-refractivity contribution is 6.35. The molecule has 1 amide bonds. The van der Waals surface area contributed by atoms with Crippen molar-refractivity contribution in [2.75, 3.05) is 49.7 Å². The minimum Gasteiger partial charge on any atom is -0.372 e. The maximum Gasteiger partial charge on any atom is 0.258 e. The van der Waals surface area contributed by atoms with Crippen molar-refractivity contribution < 1.29 is 14.3 Å². The van der Waals surface area contributed by atoms with Gasteiger partial charge in [0.2, 0.25) is 0 Å². The molecule has 0 unspecified atom stereocenters. The number of likely N-dealkylation sites (N-methyl/N-ethyl adjacent to an activating group) is 1. The van der Waals surface area contributed by atoms with Gasteiger partial charge in [-0.05, 0) is 56.3 Å². The summed E-state index contributed by atoms with van der Waals surface area (Å²) in [5.74, 6) is -0.842. The van der Waals surface area contributed by atoms with Gasteiger partial charge in [-0.25, -0.2) is 0 Å². The van der Waals surface area contributed by atoms with Crippen molar-refractivity contribution in [3.63, 3.8) is 0 Å². The topological polar surface area (TPSA) is 68.0 Å². The average molecular weight is 422 g/mol. The highest BCUT2D eigenvalue weighted by Gasteiger charge is 2.40. The average Bonchev–Trinajstić information content (AvgIpc) is 3.36. The molecule has 0 saturated carbocycles. The molecular weight excluding hydrogens is 390 g/mol. The summed E-state index contributed by atoms with van der Waals surface area (Å²) in [6.45, 7) is 7.76. The predicted molar refractivity (Wildman–Crippen MR) is 125 cm³/mol. The Hall–Kier alpha value is -2.67. The molecule has 2 aliphatic heterocycles. The zero-order chi connectivity index (χ0) is 22.0. The number of hydrogen-bond acceptors (Lipinski definition) is 5. The van der Waals surface area contributed by atoms with Gasteiger partial charge in [0.1, 0.15) is 0 Å². The Balaban J connectivity index is 1.72. The van der Waals surface area contributed by atoms with Crippen LogP contribution in [0, 0.1) is 0 Å².